The van der Waals surface area contributed by atoms with Gasteiger partial charge in [-0.15, -0.1) is 0 Å². The van der Waals surface area contributed by atoms with Gasteiger partial charge in [0, 0.05) is 24.2 Å². The van der Waals surface area contributed by atoms with Crippen molar-refractivity contribution in [1.29, 1.82) is 0 Å². The van der Waals surface area contributed by atoms with Gasteiger partial charge in [-0.05, 0) is 26.8 Å². The fourth-order valence-corrected chi connectivity index (χ4v) is 1.37. The Hall–Kier alpha value is -1.36. The van der Waals surface area contributed by atoms with E-state index in [-0.39, 0.29) is 5.97 Å². The van der Waals surface area contributed by atoms with Gasteiger partial charge < -0.3 is 10.1 Å². The van der Waals surface area contributed by atoms with Crippen LogP contribution >= 0.6 is 0 Å². The van der Waals surface area contributed by atoms with E-state index in [1.54, 1.807) is 0 Å². The number of nitrogens with one attached hydrogen (secondary N) is 2. The van der Waals surface area contributed by atoms with Crippen LogP contribution < -0.4 is 5.32 Å². The lowest BCUT2D eigenvalue weighted by atomic mass is 10.2. The Bertz CT molecular complexity index is 323. The number of H-pyrrole nitrogens is 1. The molecule has 1 aromatic heterocycles. The second-order valence-corrected chi connectivity index (χ2v) is 3.61. The Morgan fingerprint density at radius 1 is 1.62 bits per heavy atom. The maximum Gasteiger partial charge on any atom is 0.305 e. The molecule has 0 saturated carbocycles. The second-order valence-electron chi connectivity index (χ2n) is 3.61. The molecular weight excluding hydrogens is 206 g/mol. The van der Waals surface area contributed by atoms with Crippen molar-refractivity contribution in [2.24, 2.45) is 0 Å². The largest absolute Gasteiger partial charge is 0.466 e. The summed E-state index contributed by atoms with van der Waals surface area (Å²) in [7, 11) is 0. The van der Waals surface area contributed by atoms with Gasteiger partial charge in [0.2, 0.25) is 0 Å². The van der Waals surface area contributed by atoms with E-state index in [1.807, 2.05) is 20.0 Å². The summed E-state index contributed by atoms with van der Waals surface area (Å²) in [5.74, 6) is -0.121. The van der Waals surface area contributed by atoms with Crippen molar-refractivity contribution in [3.8, 4) is 0 Å². The number of aromatic nitrogens is 2. The molecule has 90 valence electrons. The van der Waals surface area contributed by atoms with Gasteiger partial charge in [-0.1, -0.05) is 0 Å². The number of aromatic amines is 1. The van der Waals surface area contributed by atoms with Crippen LogP contribution in [0.1, 0.15) is 31.0 Å². The third-order valence-electron chi connectivity index (χ3n) is 2.29. The highest BCUT2D eigenvalue weighted by atomic mass is 16.5. The molecule has 2 N–H and O–H groups in total. The number of aryl methyl sites for hydroxylation is 1. The Kier molecular flexibility index (Phi) is 5.56. The molecule has 5 nitrogen and oxygen atoms in total. The van der Waals surface area contributed by atoms with Gasteiger partial charge >= 0.3 is 5.97 Å². The first kappa shape index (κ1) is 12.7. The van der Waals surface area contributed by atoms with Crippen molar-refractivity contribution in [3.63, 3.8) is 0 Å². The first-order valence-electron chi connectivity index (χ1n) is 5.59. The van der Waals surface area contributed by atoms with Crippen molar-refractivity contribution in [2.45, 2.75) is 33.2 Å². The predicted molar refractivity (Wildman–Crippen MR) is 60.9 cm³/mol. The molecule has 0 aliphatic rings. The van der Waals surface area contributed by atoms with E-state index in [4.69, 9.17) is 4.74 Å². The molecule has 0 bridgehead atoms. The van der Waals surface area contributed by atoms with E-state index < -0.39 is 0 Å². The number of carbonyl (C=O) groups is 1. The molecule has 0 aliphatic carbocycles. The first-order chi connectivity index (χ1) is 7.74. The zero-order valence-electron chi connectivity index (χ0n) is 9.88. The van der Waals surface area contributed by atoms with E-state index in [2.05, 4.69) is 15.5 Å². The summed E-state index contributed by atoms with van der Waals surface area (Å²) in [5.41, 5.74) is 2.24. The molecule has 1 rings (SSSR count). The minimum atomic E-state index is -0.121. The van der Waals surface area contributed by atoms with Crippen molar-refractivity contribution in [2.75, 3.05) is 13.2 Å². The number of esters is 1. The number of carbonyl (C=O) groups excluding carboxylic acids is 1. The van der Waals surface area contributed by atoms with Crippen LogP contribution in [0.2, 0.25) is 0 Å². The fourth-order valence-electron chi connectivity index (χ4n) is 1.37. The SMILES string of the molecule is CCOC(=O)CCCNCc1cn[nH]c1C. The van der Waals surface area contributed by atoms with Crippen molar-refractivity contribution in [1.82, 2.24) is 15.5 Å². The molecular formula is C11H19N3O2. The van der Waals surface area contributed by atoms with E-state index in [1.165, 1.54) is 0 Å². The summed E-state index contributed by atoms with van der Waals surface area (Å²) in [5, 5.41) is 10.1. The van der Waals surface area contributed by atoms with Crippen LogP contribution in [0.25, 0.3) is 0 Å². The molecule has 0 aliphatic heterocycles. The minimum Gasteiger partial charge on any atom is -0.466 e. The topological polar surface area (TPSA) is 67.0 Å². The monoisotopic (exact) mass is 225 g/mol. The predicted octanol–water partition coefficient (Wildman–Crippen LogP) is 1.15. The standard InChI is InChI=1S/C11H19N3O2/c1-3-16-11(15)5-4-6-12-7-10-8-13-14-9(10)2/h8,12H,3-7H2,1-2H3,(H,13,14). The number of nitrogens with zero attached hydrogens (tertiary/aromatic N) is 1. The molecule has 0 amide bonds. The quantitative estimate of drug-likeness (QED) is 0.539. The summed E-state index contributed by atoms with van der Waals surface area (Å²) in [6, 6.07) is 0. The summed E-state index contributed by atoms with van der Waals surface area (Å²) >= 11 is 0. The number of hydrogen-bond acceptors (Lipinski definition) is 4. The maximum atomic E-state index is 11.0. The molecule has 0 unspecified atom stereocenters. The molecule has 0 atom stereocenters. The summed E-state index contributed by atoms with van der Waals surface area (Å²) in [6.07, 6.45) is 3.09. The lowest BCUT2D eigenvalue weighted by molar-refractivity contribution is -0.143. The van der Waals surface area contributed by atoms with Crippen LogP contribution in [-0.2, 0) is 16.1 Å². The number of rotatable bonds is 7. The normalized spacial score (nSPS) is 10.4. The fraction of sp³-hybridized carbons (Fsp3) is 0.636. The molecule has 1 heterocycles. The van der Waals surface area contributed by atoms with Crippen LogP contribution in [0.3, 0.4) is 0 Å². The van der Waals surface area contributed by atoms with Crippen molar-refractivity contribution >= 4 is 5.97 Å². The van der Waals surface area contributed by atoms with Gasteiger partial charge in [0.25, 0.3) is 0 Å². The summed E-state index contributed by atoms with van der Waals surface area (Å²) in [6.45, 7) is 5.86. The van der Waals surface area contributed by atoms with Crippen LogP contribution in [0, 0.1) is 6.92 Å². The first-order valence-corrected chi connectivity index (χ1v) is 5.59. The third kappa shape index (κ3) is 4.44. The van der Waals surface area contributed by atoms with Crippen LogP contribution in [0.15, 0.2) is 6.20 Å². The van der Waals surface area contributed by atoms with Crippen molar-refractivity contribution < 1.29 is 9.53 Å². The van der Waals surface area contributed by atoms with Gasteiger partial charge in [-0.3, -0.25) is 9.89 Å². The molecule has 0 spiro atoms. The molecule has 16 heavy (non-hydrogen) atoms. The van der Waals surface area contributed by atoms with Crippen LogP contribution in [0.5, 0.6) is 0 Å². The Balaban J connectivity index is 2.04. The highest BCUT2D eigenvalue weighted by molar-refractivity contribution is 5.69. The zero-order valence-corrected chi connectivity index (χ0v) is 9.88. The number of hydrogen-bond donors (Lipinski definition) is 2. The van der Waals surface area contributed by atoms with Crippen molar-refractivity contribution in [3.05, 3.63) is 17.5 Å². The van der Waals surface area contributed by atoms with Gasteiger partial charge in [-0.25, -0.2) is 0 Å². The highest BCUT2D eigenvalue weighted by Crippen LogP contribution is 2.01. The van der Waals surface area contributed by atoms with Crippen LogP contribution in [0.4, 0.5) is 0 Å². The molecule has 1 aromatic rings. The maximum absolute atomic E-state index is 11.0. The van der Waals surface area contributed by atoms with E-state index in [9.17, 15) is 4.79 Å². The Labute approximate surface area is 95.6 Å². The molecule has 0 saturated heterocycles. The summed E-state index contributed by atoms with van der Waals surface area (Å²) < 4.78 is 4.83. The lowest BCUT2D eigenvalue weighted by Gasteiger charge is -2.04. The molecule has 5 heteroatoms. The zero-order chi connectivity index (χ0) is 11.8. The van der Waals surface area contributed by atoms with E-state index >= 15 is 0 Å². The minimum absolute atomic E-state index is 0.121. The Morgan fingerprint density at radius 2 is 2.44 bits per heavy atom. The van der Waals surface area contributed by atoms with Crippen LogP contribution in [-0.4, -0.2) is 29.3 Å². The lowest BCUT2D eigenvalue weighted by Crippen LogP contribution is -2.16. The molecule has 0 aromatic carbocycles. The third-order valence-corrected chi connectivity index (χ3v) is 2.29. The van der Waals surface area contributed by atoms with E-state index in [0.717, 1.165) is 30.8 Å². The molecule has 0 fully saturated rings. The average Bonchev–Trinajstić information content (AvgIpc) is 2.64. The van der Waals surface area contributed by atoms with Gasteiger partial charge in [0.15, 0.2) is 0 Å². The molecule has 0 radical (unpaired) electrons. The Morgan fingerprint density at radius 3 is 3.06 bits per heavy atom. The second kappa shape index (κ2) is 7.00. The summed E-state index contributed by atoms with van der Waals surface area (Å²) in [4.78, 5) is 11.0. The van der Waals surface area contributed by atoms with Gasteiger partial charge in [0.05, 0.1) is 12.8 Å². The van der Waals surface area contributed by atoms with Gasteiger partial charge in [-0.2, -0.15) is 5.10 Å². The number of ether oxygens (including phenoxy) is 1. The highest BCUT2D eigenvalue weighted by Gasteiger charge is 2.01. The van der Waals surface area contributed by atoms with Gasteiger partial charge in [0.1, 0.15) is 0 Å². The average molecular weight is 225 g/mol. The smallest absolute Gasteiger partial charge is 0.305 e. The van der Waals surface area contributed by atoms with E-state index in [0.29, 0.717) is 13.0 Å².